The molecule has 4 rings (SSSR count). The van der Waals surface area contributed by atoms with Crippen molar-refractivity contribution in [3.8, 4) is 22.8 Å². The molecule has 0 saturated carbocycles. The summed E-state index contributed by atoms with van der Waals surface area (Å²) < 4.78 is 33.5. The Bertz CT molecular complexity index is 1200. The average molecular weight is 411 g/mol. The summed E-state index contributed by atoms with van der Waals surface area (Å²) in [6, 6.07) is 22.6. The first kappa shape index (κ1) is 18.3. The number of rotatable bonds is 5. The van der Waals surface area contributed by atoms with Crippen molar-refractivity contribution in [1.29, 1.82) is 0 Å². The first-order valence-corrected chi connectivity index (χ1v) is 10.3. The minimum Gasteiger partial charge on any atom is -0.436 e. The Morgan fingerprint density at radius 1 is 0.821 bits per heavy atom. The first-order chi connectivity index (χ1) is 13.5. The van der Waals surface area contributed by atoms with Gasteiger partial charge in [0.15, 0.2) is 5.76 Å². The van der Waals surface area contributed by atoms with Gasteiger partial charge in [0.2, 0.25) is 5.89 Å². The zero-order valence-electron chi connectivity index (χ0n) is 14.5. The lowest BCUT2D eigenvalue weighted by Gasteiger charge is -2.09. The van der Waals surface area contributed by atoms with Gasteiger partial charge in [-0.15, -0.1) is 0 Å². The van der Waals surface area contributed by atoms with Crippen LogP contribution in [0, 0.1) is 0 Å². The second-order valence-corrected chi connectivity index (χ2v) is 8.10. The van der Waals surface area contributed by atoms with E-state index in [1.165, 1.54) is 12.1 Å². The van der Waals surface area contributed by atoms with Crippen molar-refractivity contribution in [1.82, 2.24) is 4.98 Å². The molecule has 140 valence electrons. The van der Waals surface area contributed by atoms with Crippen LogP contribution in [0.15, 0.2) is 94.4 Å². The van der Waals surface area contributed by atoms with E-state index < -0.39 is 10.0 Å². The molecule has 28 heavy (non-hydrogen) atoms. The summed E-state index contributed by atoms with van der Waals surface area (Å²) in [4.78, 5) is 4.40. The number of hydrogen-bond donors (Lipinski definition) is 1. The monoisotopic (exact) mass is 410 g/mol. The molecule has 0 bridgehead atoms. The van der Waals surface area contributed by atoms with Gasteiger partial charge in [0.25, 0.3) is 10.0 Å². The fourth-order valence-corrected chi connectivity index (χ4v) is 3.99. The van der Waals surface area contributed by atoms with Crippen molar-refractivity contribution in [3.05, 3.63) is 90.1 Å². The molecule has 1 N–H and O–H groups in total. The number of benzene rings is 3. The molecule has 0 radical (unpaired) electrons. The van der Waals surface area contributed by atoms with Crippen LogP contribution in [0.5, 0.6) is 0 Å². The quantitative estimate of drug-likeness (QED) is 0.474. The van der Waals surface area contributed by atoms with E-state index in [1.807, 2.05) is 30.3 Å². The first-order valence-electron chi connectivity index (χ1n) is 8.42. The third-order valence-electron chi connectivity index (χ3n) is 4.09. The molecule has 0 unspecified atom stereocenters. The van der Waals surface area contributed by atoms with Crippen LogP contribution in [0.25, 0.3) is 22.8 Å². The summed E-state index contributed by atoms with van der Waals surface area (Å²) in [7, 11) is -3.76. The second kappa shape index (κ2) is 7.50. The normalized spacial score (nSPS) is 11.3. The number of hydrogen-bond acceptors (Lipinski definition) is 4. The van der Waals surface area contributed by atoms with Gasteiger partial charge in [-0.05, 0) is 36.4 Å². The molecule has 7 heteroatoms. The van der Waals surface area contributed by atoms with Crippen molar-refractivity contribution in [2.45, 2.75) is 4.90 Å². The average Bonchev–Trinajstić information content (AvgIpc) is 3.21. The van der Waals surface area contributed by atoms with Gasteiger partial charge in [-0.2, -0.15) is 0 Å². The van der Waals surface area contributed by atoms with E-state index >= 15 is 0 Å². The van der Waals surface area contributed by atoms with E-state index in [0.717, 1.165) is 5.56 Å². The molecule has 0 spiro atoms. The summed E-state index contributed by atoms with van der Waals surface area (Å²) in [6.45, 7) is 0. The highest BCUT2D eigenvalue weighted by Gasteiger charge is 2.16. The maximum atomic E-state index is 12.6. The van der Waals surface area contributed by atoms with E-state index in [0.29, 0.717) is 27.9 Å². The molecule has 5 nitrogen and oxygen atoms in total. The van der Waals surface area contributed by atoms with Crippen molar-refractivity contribution < 1.29 is 12.8 Å². The predicted octanol–water partition coefficient (Wildman–Crippen LogP) is 5.46. The van der Waals surface area contributed by atoms with Crippen LogP contribution in [-0.4, -0.2) is 13.4 Å². The Balaban J connectivity index is 1.57. The summed E-state index contributed by atoms with van der Waals surface area (Å²) in [5, 5.41) is 0.330. The van der Waals surface area contributed by atoms with Gasteiger partial charge in [0.1, 0.15) is 0 Å². The maximum absolute atomic E-state index is 12.6. The lowest BCUT2D eigenvalue weighted by Crippen LogP contribution is -2.13. The van der Waals surface area contributed by atoms with Crippen molar-refractivity contribution in [2.24, 2.45) is 0 Å². The molecule has 0 amide bonds. The number of sulfonamides is 1. The fourth-order valence-electron chi connectivity index (χ4n) is 2.67. The Hall–Kier alpha value is -3.09. The Morgan fingerprint density at radius 2 is 1.50 bits per heavy atom. The largest absolute Gasteiger partial charge is 0.436 e. The van der Waals surface area contributed by atoms with E-state index in [2.05, 4.69) is 9.71 Å². The molecule has 0 fully saturated rings. The topological polar surface area (TPSA) is 72.2 Å². The Kier molecular flexibility index (Phi) is 4.90. The molecule has 4 aromatic rings. The summed E-state index contributed by atoms with van der Waals surface area (Å²) in [5.74, 6) is 1.06. The van der Waals surface area contributed by atoms with Gasteiger partial charge >= 0.3 is 0 Å². The number of halogens is 1. The molecule has 0 aliphatic heterocycles. The molecule has 0 aliphatic rings. The highest BCUT2D eigenvalue weighted by Crippen LogP contribution is 2.28. The highest BCUT2D eigenvalue weighted by molar-refractivity contribution is 7.92. The van der Waals surface area contributed by atoms with E-state index in [1.54, 1.807) is 42.6 Å². The number of anilines is 1. The van der Waals surface area contributed by atoms with Crippen LogP contribution in [0.3, 0.4) is 0 Å². The van der Waals surface area contributed by atoms with Crippen LogP contribution < -0.4 is 4.72 Å². The third kappa shape index (κ3) is 3.78. The summed E-state index contributed by atoms with van der Waals surface area (Å²) >= 11 is 6.03. The van der Waals surface area contributed by atoms with Crippen LogP contribution >= 0.6 is 11.6 Å². The van der Waals surface area contributed by atoms with Crippen LogP contribution in [0.2, 0.25) is 5.02 Å². The molecule has 0 atom stereocenters. The van der Waals surface area contributed by atoms with E-state index in [9.17, 15) is 8.42 Å². The minimum absolute atomic E-state index is 0.117. The smallest absolute Gasteiger partial charge is 0.261 e. The fraction of sp³-hybridized carbons (Fsp3) is 0. The van der Waals surface area contributed by atoms with Gasteiger partial charge in [0, 0.05) is 11.1 Å². The van der Waals surface area contributed by atoms with Crippen LogP contribution in [0.1, 0.15) is 0 Å². The molecular formula is C21H15ClN2O3S. The second-order valence-electron chi connectivity index (χ2n) is 6.01. The molecule has 3 aromatic carbocycles. The number of para-hydroxylation sites is 1. The van der Waals surface area contributed by atoms with E-state index in [-0.39, 0.29) is 4.90 Å². The SMILES string of the molecule is O=S(=O)(Nc1ccccc1Cl)c1ccc(-c2ncc(-c3ccccc3)o2)cc1. The minimum atomic E-state index is -3.76. The van der Waals surface area contributed by atoms with Gasteiger partial charge in [0.05, 0.1) is 21.8 Å². The summed E-state index contributed by atoms with van der Waals surface area (Å²) in [5.41, 5.74) is 1.93. The van der Waals surface area contributed by atoms with Crippen molar-refractivity contribution >= 4 is 27.3 Å². The molecule has 1 aromatic heterocycles. The van der Waals surface area contributed by atoms with Crippen LogP contribution in [-0.2, 0) is 10.0 Å². The van der Waals surface area contributed by atoms with Gasteiger partial charge in [-0.3, -0.25) is 4.72 Å². The number of oxazole rings is 1. The Morgan fingerprint density at radius 3 is 2.21 bits per heavy atom. The number of nitrogens with one attached hydrogen (secondary N) is 1. The lowest BCUT2D eigenvalue weighted by atomic mass is 10.2. The zero-order chi connectivity index (χ0) is 19.6. The van der Waals surface area contributed by atoms with E-state index in [4.69, 9.17) is 16.0 Å². The van der Waals surface area contributed by atoms with Crippen molar-refractivity contribution in [2.75, 3.05) is 4.72 Å². The molecule has 0 saturated heterocycles. The van der Waals surface area contributed by atoms with Crippen molar-refractivity contribution in [3.63, 3.8) is 0 Å². The van der Waals surface area contributed by atoms with Crippen LogP contribution in [0.4, 0.5) is 5.69 Å². The van der Waals surface area contributed by atoms with Gasteiger partial charge in [-0.1, -0.05) is 54.1 Å². The number of aromatic nitrogens is 1. The highest BCUT2D eigenvalue weighted by atomic mass is 35.5. The molecular weight excluding hydrogens is 396 g/mol. The lowest BCUT2D eigenvalue weighted by molar-refractivity contribution is 0.588. The summed E-state index contributed by atoms with van der Waals surface area (Å²) in [6.07, 6.45) is 1.65. The Labute approximate surface area is 167 Å². The van der Waals surface area contributed by atoms with Gasteiger partial charge < -0.3 is 4.42 Å². The zero-order valence-corrected chi connectivity index (χ0v) is 16.1. The molecule has 0 aliphatic carbocycles. The number of nitrogens with zero attached hydrogens (tertiary/aromatic N) is 1. The predicted molar refractivity (Wildman–Crippen MR) is 110 cm³/mol. The molecule has 1 heterocycles. The third-order valence-corrected chi connectivity index (χ3v) is 5.80. The van der Waals surface area contributed by atoms with Gasteiger partial charge in [-0.25, -0.2) is 13.4 Å². The maximum Gasteiger partial charge on any atom is 0.261 e. The standard InChI is InChI=1S/C21H15ClN2O3S/c22-18-8-4-5-9-19(18)24-28(25,26)17-12-10-16(11-13-17)21-23-14-20(27-21)15-6-2-1-3-7-15/h1-14,24H.